The van der Waals surface area contributed by atoms with Crippen LogP contribution in [0.5, 0.6) is 11.5 Å². The molecule has 2 fully saturated rings. The van der Waals surface area contributed by atoms with Gasteiger partial charge in [-0.05, 0) is 54.7 Å². The Balaban J connectivity index is 1.89. The predicted molar refractivity (Wildman–Crippen MR) is 83.1 cm³/mol. The first kappa shape index (κ1) is 14.2. The van der Waals surface area contributed by atoms with Gasteiger partial charge < -0.3 is 15.2 Å². The number of benzene rings is 1. The van der Waals surface area contributed by atoms with Crippen molar-refractivity contribution in [3.63, 3.8) is 0 Å². The Labute approximate surface area is 129 Å². The summed E-state index contributed by atoms with van der Waals surface area (Å²) in [6.45, 7) is 0. The average Bonchev–Trinajstić information content (AvgIpc) is 3.08. The van der Waals surface area contributed by atoms with Crippen LogP contribution in [0, 0.1) is 17.8 Å². The Morgan fingerprint density at radius 2 is 1.85 bits per heavy atom. The van der Waals surface area contributed by atoms with E-state index in [1.165, 1.54) is 25.7 Å². The maximum absolute atomic E-state index is 6.58. The Morgan fingerprint density at radius 3 is 2.40 bits per heavy atom. The van der Waals surface area contributed by atoms with Gasteiger partial charge in [0.25, 0.3) is 0 Å². The molecule has 1 aromatic carbocycles. The summed E-state index contributed by atoms with van der Waals surface area (Å²) in [4.78, 5) is 0. The van der Waals surface area contributed by atoms with Crippen LogP contribution in [0.1, 0.15) is 37.3 Å². The van der Waals surface area contributed by atoms with E-state index in [2.05, 4.69) is 15.9 Å². The second kappa shape index (κ2) is 5.57. The first-order valence-electron chi connectivity index (χ1n) is 7.31. The van der Waals surface area contributed by atoms with E-state index in [0.717, 1.165) is 33.4 Å². The van der Waals surface area contributed by atoms with E-state index in [0.29, 0.717) is 5.92 Å². The highest BCUT2D eigenvalue weighted by atomic mass is 79.9. The Bertz CT molecular complexity index is 505. The zero-order valence-electron chi connectivity index (χ0n) is 12.1. The van der Waals surface area contributed by atoms with E-state index >= 15 is 0 Å². The topological polar surface area (TPSA) is 44.5 Å². The van der Waals surface area contributed by atoms with Crippen LogP contribution in [-0.2, 0) is 0 Å². The van der Waals surface area contributed by atoms with Crippen molar-refractivity contribution in [2.24, 2.45) is 23.5 Å². The number of nitrogens with two attached hydrogens (primary N) is 1. The molecule has 0 spiro atoms. The lowest BCUT2D eigenvalue weighted by molar-refractivity contribution is 0.283. The smallest absolute Gasteiger partial charge is 0.161 e. The molecule has 20 heavy (non-hydrogen) atoms. The molecule has 0 heterocycles. The molecule has 0 saturated heterocycles. The molecule has 0 aromatic heterocycles. The van der Waals surface area contributed by atoms with E-state index in [9.17, 15) is 0 Å². The van der Waals surface area contributed by atoms with Crippen molar-refractivity contribution in [3.8, 4) is 11.5 Å². The SMILES string of the molecule is COc1cc(Br)c(C(N)C2CC3CCC2C3)cc1OC. The van der Waals surface area contributed by atoms with E-state index in [-0.39, 0.29) is 6.04 Å². The maximum atomic E-state index is 6.58. The van der Waals surface area contributed by atoms with Crippen LogP contribution in [0.25, 0.3) is 0 Å². The quantitative estimate of drug-likeness (QED) is 0.904. The lowest BCUT2D eigenvalue weighted by Gasteiger charge is -2.29. The molecule has 4 heteroatoms. The van der Waals surface area contributed by atoms with E-state index in [1.807, 2.05) is 12.1 Å². The fourth-order valence-corrected chi connectivity index (χ4v) is 4.68. The minimum atomic E-state index is 0.0829. The number of methoxy groups -OCH3 is 2. The molecule has 3 rings (SSSR count). The summed E-state index contributed by atoms with van der Waals surface area (Å²) in [5, 5.41) is 0. The summed E-state index contributed by atoms with van der Waals surface area (Å²) in [5.74, 6) is 3.83. The van der Waals surface area contributed by atoms with Gasteiger partial charge in [-0.2, -0.15) is 0 Å². The van der Waals surface area contributed by atoms with Gasteiger partial charge in [-0.3, -0.25) is 0 Å². The summed E-state index contributed by atoms with van der Waals surface area (Å²) < 4.78 is 11.8. The standard InChI is InChI=1S/C16H22BrNO2/c1-19-14-7-12(13(17)8-15(14)20-2)16(18)11-6-9-3-4-10(11)5-9/h7-11,16H,3-6,18H2,1-2H3. The first-order chi connectivity index (χ1) is 9.63. The molecule has 2 bridgehead atoms. The number of hydrogen-bond acceptors (Lipinski definition) is 3. The normalized spacial score (nSPS) is 29.5. The van der Waals surface area contributed by atoms with Gasteiger partial charge in [0.1, 0.15) is 0 Å². The molecule has 2 saturated carbocycles. The van der Waals surface area contributed by atoms with Crippen molar-refractivity contribution in [1.82, 2.24) is 0 Å². The molecule has 2 aliphatic carbocycles. The predicted octanol–water partition coefficient (Wildman–Crippen LogP) is 3.90. The second-order valence-electron chi connectivity index (χ2n) is 6.09. The van der Waals surface area contributed by atoms with Crippen molar-refractivity contribution >= 4 is 15.9 Å². The molecule has 1 aromatic rings. The van der Waals surface area contributed by atoms with Gasteiger partial charge in [0.15, 0.2) is 11.5 Å². The molecule has 2 N–H and O–H groups in total. The Morgan fingerprint density at radius 1 is 1.15 bits per heavy atom. The van der Waals surface area contributed by atoms with Crippen LogP contribution < -0.4 is 15.2 Å². The zero-order valence-corrected chi connectivity index (χ0v) is 13.7. The third kappa shape index (κ3) is 2.33. The summed E-state index contributed by atoms with van der Waals surface area (Å²) in [6, 6.07) is 4.07. The van der Waals surface area contributed by atoms with Gasteiger partial charge in [-0.1, -0.05) is 22.4 Å². The average molecular weight is 340 g/mol. The number of hydrogen-bond donors (Lipinski definition) is 1. The van der Waals surface area contributed by atoms with Gasteiger partial charge in [0, 0.05) is 10.5 Å². The summed E-state index contributed by atoms with van der Waals surface area (Å²) in [6.07, 6.45) is 5.42. The zero-order chi connectivity index (χ0) is 14.3. The molecular formula is C16H22BrNO2. The van der Waals surface area contributed by atoms with Crippen molar-refractivity contribution < 1.29 is 9.47 Å². The third-order valence-corrected chi connectivity index (χ3v) is 5.80. The maximum Gasteiger partial charge on any atom is 0.161 e. The Hall–Kier alpha value is -0.740. The number of fused-ring (bicyclic) bond motifs is 2. The van der Waals surface area contributed by atoms with Crippen molar-refractivity contribution in [2.75, 3.05) is 14.2 Å². The number of ether oxygens (including phenoxy) is 2. The van der Waals surface area contributed by atoms with E-state index in [4.69, 9.17) is 15.2 Å². The largest absolute Gasteiger partial charge is 0.493 e. The van der Waals surface area contributed by atoms with Crippen LogP contribution >= 0.6 is 15.9 Å². The highest BCUT2D eigenvalue weighted by Crippen LogP contribution is 2.53. The second-order valence-corrected chi connectivity index (χ2v) is 6.95. The fraction of sp³-hybridized carbons (Fsp3) is 0.625. The number of rotatable bonds is 4. The van der Waals surface area contributed by atoms with Crippen LogP contribution in [0.2, 0.25) is 0 Å². The Kier molecular flexibility index (Phi) is 3.95. The molecule has 4 atom stereocenters. The fourth-order valence-electron chi connectivity index (χ4n) is 4.09. The lowest BCUT2D eigenvalue weighted by atomic mass is 9.81. The van der Waals surface area contributed by atoms with Crippen LogP contribution in [-0.4, -0.2) is 14.2 Å². The van der Waals surface area contributed by atoms with Crippen molar-refractivity contribution in [1.29, 1.82) is 0 Å². The highest BCUT2D eigenvalue weighted by molar-refractivity contribution is 9.10. The molecule has 110 valence electrons. The van der Waals surface area contributed by atoms with E-state index in [1.54, 1.807) is 14.2 Å². The molecule has 0 aliphatic heterocycles. The summed E-state index contributed by atoms with van der Waals surface area (Å²) >= 11 is 3.64. The minimum absolute atomic E-state index is 0.0829. The van der Waals surface area contributed by atoms with Crippen LogP contribution in [0.3, 0.4) is 0 Å². The third-order valence-electron chi connectivity index (χ3n) is 5.12. The van der Waals surface area contributed by atoms with Gasteiger partial charge in [0.2, 0.25) is 0 Å². The molecule has 3 nitrogen and oxygen atoms in total. The molecule has 0 radical (unpaired) electrons. The number of halogens is 1. The molecule has 2 aliphatic rings. The summed E-state index contributed by atoms with van der Waals surface area (Å²) in [5.41, 5.74) is 7.72. The molecule has 4 unspecified atom stereocenters. The van der Waals surface area contributed by atoms with Gasteiger partial charge in [0.05, 0.1) is 14.2 Å². The molecule has 0 amide bonds. The highest BCUT2D eigenvalue weighted by Gasteiger charge is 2.42. The van der Waals surface area contributed by atoms with E-state index < -0.39 is 0 Å². The monoisotopic (exact) mass is 339 g/mol. The van der Waals surface area contributed by atoms with Gasteiger partial charge >= 0.3 is 0 Å². The summed E-state index contributed by atoms with van der Waals surface area (Å²) in [7, 11) is 3.32. The van der Waals surface area contributed by atoms with Crippen LogP contribution in [0.4, 0.5) is 0 Å². The van der Waals surface area contributed by atoms with Crippen molar-refractivity contribution in [3.05, 3.63) is 22.2 Å². The van der Waals surface area contributed by atoms with Crippen molar-refractivity contribution in [2.45, 2.75) is 31.7 Å². The molecular weight excluding hydrogens is 318 g/mol. The van der Waals surface area contributed by atoms with Gasteiger partial charge in [-0.25, -0.2) is 0 Å². The minimum Gasteiger partial charge on any atom is -0.493 e. The van der Waals surface area contributed by atoms with Gasteiger partial charge in [-0.15, -0.1) is 0 Å². The first-order valence-corrected chi connectivity index (χ1v) is 8.10. The lowest BCUT2D eigenvalue weighted by Crippen LogP contribution is -2.26. The van der Waals surface area contributed by atoms with Crippen LogP contribution in [0.15, 0.2) is 16.6 Å².